The van der Waals surface area contributed by atoms with E-state index in [0.717, 1.165) is 23.7 Å². The van der Waals surface area contributed by atoms with Gasteiger partial charge in [-0.25, -0.2) is 9.37 Å². The smallest absolute Gasteiger partial charge is 0.313 e. The Hall–Kier alpha value is -1.60. The van der Waals surface area contributed by atoms with E-state index in [0.29, 0.717) is 23.8 Å². The van der Waals surface area contributed by atoms with Gasteiger partial charge in [-0.3, -0.25) is 4.79 Å². The van der Waals surface area contributed by atoms with Crippen molar-refractivity contribution in [3.05, 3.63) is 24.0 Å². The molecule has 0 unspecified atom stereocenters. The SMILES string of the molecule is COCCCn1c(SCC(=O)O)nc2cc(F)ccc21. The average Bonchev–Trinajstić information content (AvgIpc) is 2.74. The summed E-state index contributed by atoms with van der Waals surface area (Å²) in [5.74, 6) is -1.33. The Labute approximate surface area is 119 Å². The quantitative estimate of drug-likeness (QED) is 0.628. The number of fused-ring (bicyclic) bond motifs is 1. The molecule has 0 spiro atoms. The molecule has 2 rings (SSSR count). The van der Waals surface area contributed by atoms with Crippen LogP contribution in [0.5, 0.6) is 0 Å². The van der Waals surface area contributed by atoms with Crippen molar-refractivity contribution in [2.24, 2.45) is 0 Å². The number of aromatic nitrogens is 2. The molecule has 0 bridgehead atoms. The third-order valence-electron chi connectivity index (χ3n) is 2.73. The van der Waals surface area contributed by atoms with E-state index >= 15 is 0 Å². The third-order valence-corrected chi connectivity index (χ3v) is 3.69. The van der Waals surface area contributed by atoms with Crippen LogP contribution in [0.1, 0.15) is 6.42 Å². The van der Waals surface area contributed by atoms with Crippen molar-refractivity contribution in [1.82, 2.24) is 9.55 Å². The molecule has 0 saturated carbocycles. The molecule has 1 aromatic heterocycles. The number of hydrogen-bond donors (Lipinski definition) is 1. The van der Waals surface area contributed by atoms with Crippen LogP contribution in [0.4, 0.5) is 4.39 Å². The first-order chi connectivity index (χ1) is 9.61. The summed E-state index contributed by atoms with van der Waals surface area (Å²) in [6.07, 6.45) is 0.778. The summed E-state index contributed by atoms with van der Waals surface area (Å²) in [7, 11) is 1.63. The Morgan fingerprint density at radius 3 is 3.05 bits per heavy atom. The van der Waals surface area contributed by atoms with Crippen LogP contribution in [0.2, 0.25) is 0 Å². The molecular weight excluding hydrogens is 283 g/mol. The summed E-state index contributed by atoms with van der Waals surface area (Å²) in [6, 6.07) is 4.39. The second-order valence-electron chi connectivity index (χ2n) is 4.21. The number of nitrogens with zero attached hydrogens (tertiary/aromatic N) is 2. The van der Waals surface area contributed by atoms with Crippen LogP contribution in [0.25, 0.3) is 11.0 Å². The first-order valence-electron chi connectivity index (χ1n) is 6.11. The summed E-state index contributed by atoms with van der Waals surface area (Å²) < 4.78 is 20.1. The van der Waals surface area contributed by atoms with E-state index in [9.17, 15) is 9.18 Å². The van der Waals surface area contributed by atoms with Gasteiger partial charge in [-0.15, -0.1) is 0 Å². The molecular formula is C13H15FN2O3S. The van der Waals surface area contributed by atoms with E-state index in [2.05, 4.69) is 4.98 Å². The average molecular weight is 298 g/mol. The summed E-state index contributed by atoms with van der Waals surface area (Å²) in [5, 5.41) is 9.35. The molecule has 0 radical (unpaired) electrons. The number of carboxylic acid groups (broad SMARTS) is 1. The molecule has 0 atom stereocenters. The van der Waals surface area contributed by atoms with Gasteiger partial charge in [-0.05, 0) is 18.6 Å². The predicted octanol–water partition coefficient (Wildman–Crippen LogP) is 2.39. The zero-order valence-corrected chi connectivity index (χ0v) is 11.8. The first-order valence-corrected chi connectivity index (χ1v) is 7.09. The lowest BCUT2D eigenvalue weighted by Gasteiger charge is -2.07. The highest BCUT2D eigenvalue weighted by atomic mass is 32.2. The normalized spacial score (nSPS) is 11.1. The van der Waals surface area contributed by atoms with Gasteiger partial charge in [0.2, 0.25) is 0 Å². The largest absolute Gasteiger partial charge is 0.481 e. The van der Waals surface area contributed by atoms with E-state index in [1.54, 1.807) is 13.2 Å². The van der Waals surface area contributed by atoms with Gasteiger partial charge >= 0.3 is 5.97 Å². The molecule has 0 saturated heterocycles. The fraction of sp³-hybridized carbons (Fsp3) is 0.385. The summed E-state index contributed by atoms with van der Waals surface area (Å²) in [4.78, 5) is 15.0. The first kappa shape index (κ1) is 14.8. The highest BCUT2D eigenvalue weighted by Gasteiger charge is 2.13. The van der Waals surface area contributed by atoms with Crippen molar-refractivity contribution < 1.29 is 19.0 Å². The number of carbonyl (C=O) groups is 1. The minimum Gasteiger partial charge on any atom is -0.481 e. The molecule has 7 heteroatoms. The number of halogens is 1. The van der Waals surface area contributed by atoms with E-state index in [4.69, 9.17) is 9.84 Å². The van der Waals surface area contributed by atoms with Crippen LogP contribution >= 0.6 is 11.8 Å². The van der Waals surface area contributed by atoms with Crippen LogP contribution in [0, 0.1) is 5.82 Å². The van der Waals surface area contributed by atoms with Gasteiger partial charge in [-0.1, -0.05) is 11.8 Å². The molecule has 108 valence electrons. The molecule has 0 aliphatic heterocycles. The molecule has 20 heavy (non-hydrogen) atoms. The topological polar surface area (TPSA) is 64.3 Å². The Balaban J connectivity index is 2.31. The predicted molar refractivity (Wildman–Crippen MR) is 74.5 cm³/mol. The zero-order valence-electron chi connectivity index (χ0n) is 11.0. The maximum Gasteiger partial charge on any atom is 0.313 e. The Morgan fingerprint density at radius 2 is 2.35 bits per heavy atom. The number of hydrogen-bond acceptors (Lipinski definition) is 4. The van der Waals surface area contributed by atoms with Crippen LogP contribution in [-0.4, -0.2) is 40.1 Å². The summed E-state index contributed by atoms with van der Waals surface area (Å²) in [6.45, 7) is 1.25. The summed E-state index contributed by atoms with van der Waals surface area (Å²) >= 11 is 1.13. The molecule has 0 fully saturated rings. The van der Waals surface area contributed by atoms with Gasteiger partial charge < -0.3 is 14.4 Å². The zero-order chi connectivity index (χ0) is 14.5. The molecule has 1 heterocycles. The number of aryl methyl sites for hydroxylation is 1. The maximum absolute atomic E-state index is 13.2. The van der Waals surface area contributed by atoms with E-state index in [-0.39, 0.29) is 11.6 Å². The Bertz CT molecular complexity index is 615. The van der Waals surface area contributed by atoms with Crippen molar-refractivity contribution in [2.75, 3.05) is 19.5 Å². The lowest BCUT2D eigenvalue weighted by Crippen LogP contribution is -2.05. The van der Waals surface area contributed by atoms with Gasteiger partial charge in [0, 0.05) is 26.3 Å². The summed E-state index contributed by atoms with van der Waals surface area (Å²) in [5.41, 5.74) is 1.34. The number of ether oxygens (including phenoxy) is 1. The van der Waals surface area contributed by atoms with E-state index < -0.39 is 5.97 Å². The fourth-order valence-electron chi connectivity index (χ4n) is 1.90. The van der Waals surface area contributed by atoms with Gasteiger partial charge in [-0.2, -0.15) is 0 Å². The maximum atomic E-state index is 13.2. The molecule has 2 aromatic rings. The van der Waals surface area contributed by atoms with Crippen LogP contribution in [0.3, 0.4) is 0 Å². The fourth-order valence-corrected chi connectivity index (χ4v) is 2.66. The van der Waals surface area contributed by atoms with E-state index in [1.807, 2.05) is 4.57 Å². The van der Waals surface area contributed by atoms with Gasteiger partial charge in [0.1, 0.15) is 5.82 Å². The highest BCUT2D eigenvalue weighted by Crippen LogP contribution is 2.25. The molecule has 0 aliphatic rings. The number of rotatable bonds is 7. The van der Waals surface area contributed by atoms with Crippen molar-refractivity contribution in [2.45, 2.75) is 18.1 Å². The second-order valence-corrected chi connectivity index (χ2v) is 5.15. The minimum absolute atomic E-state index is 0.0733. The number of benzene rings is 1. The van der Waals surface area contributed by atoms with Crippen molar-refractivity contribution >= 4 is 28.8 Å². The van der Waals surface area contributed by atoms with Gasteiger partial charge in [0.05, 0.1) is 16.8 Å². The number of aliphatic carboxylic acids is 1. The Kier molecular flexibility index (Phi) is 4.97. The lowest BCUT2D eigenvalue weighted by atomic mass is 10.3. The number of imidazole rings is 1. The monoisotopic (exact) mass is 298 g/mol. The van der Waals surface area contributed by atoms with Crippen molar-refractivity contribution in [3.8, 4) is 0 Å². The third kappa shape index (κ3) is 3.49. The van der Waals surface area contributed by atoms with Crippen molar-refractivity contribution in [1.29, 1.82) is 0 Å². The Morgan fingerprint density at radius 1 is 1.55 bits per heavy atom. The molecule has 0 amide bonds. The van der Waals surface area contributed by atoms with E-state index in [1.165, 1.54) is 12.1 Å². The number of methoxy groups -OCH3 is 1. The second kappa shape index (κ2) is 6.71. The molecule has 0 aliphatic carbocycles. The lowest BCUT2D eigenvalue weighted by molar-refractivity contribution is -0.133. The number of thioether (sulfide) groups is 1. The molecule has 1 aromatic carbocycles. The number of carboxylic acids is 1. The van der Waals surface area contributed by atoms with Crippen molar-refractivity contribution in [3.63, 3.8) is 0 Å². The van der Waals surface area contributed by atoms with Crippen LogP contribution in [-0.2, 0) is 16.1 Å². The molecule has 1 N–H and O–H groups in total. The molecule has 5 nitrogen and oxygen atoms in total. The highest BCUT2D eigenvalue weighted by molar-refractivity contribution is 7.99. The van der Waals surface area contributed by atoms with Gasteiger partial charge in [0.25, 0.3) is 0 Å². The van der Waals surface area contributed by atoms with Gasteiger partial charge in [0.15, 0.2) is 5.16 Å². The van der Waals surface area contributed by atoms with Crippen LogP contribution < -0.4 is 0 Å². The van der Waals surface area contributed by atoms with Crippen LogP contribution in [0.15, 0.2) is 23.4 Å². The standard InChI is InChI=1S/C13H15FN2O3S/c1-19-6-2-5-16-11-4-3-9(14)7-10(11)15-13(16)20-8-12(17)18/h3-4,7H,2,5-6,8H2,1H3,(H,17,18). The minimum atomic E-state index is -0.906.